The molecule has 1 aromatic carbocycles. The van der Waals surface area contributed by atoms with Gasteiger partial charge in [-0.3, -0.25) is 14.9 Å². The molecule has 1 saturated heterocycles. The van der Waals surface area contributed by atoms with Crippen molar-refractivity contribution in [1.82, 2.24) is 5.32 Å². The number of hydrogen-bond donors (Lipinski definition) is 1. The lowest BCUT2D eigenvalue weighted by Gasteiger charge is -2.18. The van der Waals surface area contributed by atoms with Gasteiger partial charge in [-0.2, -0.15) is 0 Å². The van der Waals surface area contributed by atoms with E-state index in [1.165, 1.54) is 12.1 Å². The molecule has 2 rings (SSSR count). The number of rotatable bonds is 4. The Morgan fingerprint density at radius 3 is 2.89 bits per heavy atom. The molecule has 1 aliphatic heterocycles. The van der Waals surface area contributed by atoms with Crippen LogP contribution in [-0.2, 0) is 4.79 Å². The molecule has 1 heterocycles. The number of anilines is 1. The fourth-order valence-electron chi connectivity index (χ4n) is 2.18. The number of carbonyl (C=O) groups excluding carboxylic acids is 1. The smallest absolute Gasteiger partial charge is 0.270 e. The van der Waals surface area contributed by atoms with Gasteiger partial charge in [0.05, 0.1) is 16.7 Å². The van der Waals surface area contributed by atoms with Crippen LogP contribution in [0.3, 0.4) is 0 Å². The fraction of sp³-hybridized carbons (Fsp3) is 0.417. The number of non-ortho nitro benzene ring substituents is 1. The van der Waals surface area contributed by atoms with E-state index < -0.39 is 4.92 Å². The van der Waals surface area contributed by atoms with Crippen molar-refractivity contribution in [2.45, 2.75) is 19.4 Å². The Morgan fingerprint density at radius 2 is 2.32 bits per heavy atom. The first-order chi connectivity index (χ1) is 9.04. The molecule has 0 bridgehead atoms. The SMILES string of the molecule is CCNC1CCN(c2ccc([N+](=O)[O-])cc2Br)C1=O. The number of nitrogens with zero attached hydrogens (tertiary/aromatic N) is 2. The van der Waals surface area contributed by atoms with Gasteiger partial charge in [-0.1, -0.05) is 6.92 Å². The third-order valence-corrected chi connectivity index (χ3v) is 3.72. The number of likely N-dealkylation sites (N-methyl/N-ethyl adjacent to an activating group) is 1. The number of carbonyl (C=O) groups is 1. The minimum atomic E-state index is -0.457. The van der Waals surface area contributed by atoms with E-state index in [2.05, 4.69) is 21.2 Å². The maximum atomic E-state index is 12.2. The lowest BCUT2D eigenvalue weighted by atomic mass is 10.2. The second-order valence-corrected chi connectivity index (χ2v) is 5.14. The molecule has 0 aromatic heterocycles. The van der Waals surface area contributed by atoms with Gasteiger partial charge in [-0.05, 0) is 35.0 Å². The number of halogens is 1. The molecule has 1 amide bonds. The van der Waals surface area contributed by atoms with E-state index in [-0.39, 0.29) is 17.6 Å². The van der Waals surface area contributed by atoms with E-state index in [9.17, 15) is 14.9 Å². The highest BCUT2D eigenvalue weighted by molar-refractivity contribution is 9.10. The van der Waals surface area contributed by atoms with E-state index in [0.717, 1.165) is 13.0 Å². The van der Waals surface area contributed by atoms with Gasteiger partial charge in [-0.25, -0.2) is 0 Å². The Kier molecular flexibility index (Phi) is 4.16. The Morgan fingerprint density at radius 1 is 1.58 bits per heavy atom. The van der Waals surface area contributed by atoms with E-state index in [1.54, 1.807) is 11.0 Å². The molecular weight excluding hydrogens is 314 g/mol. The predicted octanol–water partition coefficient (Wildman–Crippen LogP) is 2.07. The summed E-state index contributed by atoms with van der Waals surface area (Å²) >= 11 is 3.29. The Balaban J connectivity index is 2.24. The van der Waals surface area contributed by atoms with Crippen molar-refractivity contribution in [1.29, 1.82) is 0 Å². The van der Waals surface area contributed by atoms with Crippen molar-refractivity contribution in [2.75, 3.05) is 18.0 Å². The van der Waals surface area contributed by atoms with Crippen LogP contribution in [0.4, 0.5) is 11.4 Å². The van der Waals surface area contributed by atoms with Gasteiger partial charge in [0, 0.05) is 23.2 Å². The van der Waals surface area contributed by atoms with Crippen molar-refractivity contribution >= 4 is 33.2 Å². The molecule has 1 atom stereocenters. The lowest BCUT2D eigenvalue weighted by molar-refractivity contribution is -0.384. The molecule has 7 heteroatoms. The molecule has 6 nitrogen and oxygen atoms in total. The molecule has 1 unspecified atom stereocenters. The van der Waals surface area contributed by atoms with Gasteiger partial charge in [-0.15, -0.1) is 0 Å². The molecule has 102 valence electrons. The first kappa shape index (κ1) is 14.0. The Labute approximate surface area is 119 Å². The van der Waals surface area contributed by atoms with Crippen LogP contribution in [0.1, 0.15) is 13.3 Å². The average Bonchev–Trinajstić information content (AvgIpc) is 2.72. The van der Waals surface area contributed by atoms with Gasteiger partial charge in [0.1, 0.15) is 0 Å². The Bertz CT molecular complexity index is 521. The number of nitro benzene ring substituents is 1. The number of benzene rings is 1. The molecule has 0 saturated carbocycles. The van der Waals surface area contributed by atoms with E-state index in [4.69, 9.17) is 0 Å². The van der Waals surface area contributed by atoms with Crippen LogP contribution >= 0.6 is 15.9 Å². The van der Waals surface area contributed by atoms with Crippen LogP contribution in [0.15, 0.2) is 22.7 Å². The second kappa shape index (κ2) is 5.66. The normalized spacial score (nSPS) is 18.9. The highest BCUT2D eigenvalue weighted by Gasteiger charge is 2.32. The lowest BCUT2D eigenvalue weighted by Crippen LogP contribution is -2.38. The largest absolute Gasteiger partial charge is 0.310 e. The number of nitrogens with one attached hydrogen (secondary N) is 1. The highest BCUT2D eigenvalue weighted by Crippen LogP contribution is 2.32. The van der Waals surface area contributed by atoms with Crippen LogP contribution in [0.2, 0.25) is 0 Å². The zero-order chi connectivity index (χ0) is 14.0. The third kappa shape index (κ3) is 2.76. The molecule has 0 aliphatic carbocycles. The summed E-state index contributed by atoms with van der Waals surface area (Å²) in [7, 11) is 0. The van der Waals surface area contributed by atoms with E-state index in [0.29, 0.717) is 16.7 Å². The second-order valence-electron chi connectivity index (χ2n) is 4.28. The average molecular weight is 328 g/mol. The van der Waals surface area contributed by atoms with E-state index in [1.807, 2.05) is 6.92 Å². The molecule has 1 aromatic rings. The Hall–Kier alpha value is -1.47. The van der Waals surface area contributed by atoms with E-state index >= 15 is 0 Å². The first-order valence-electron chi connectivity index (χ1n) is 6.03. The maximum absolute atomic E-state index is 12.2. The van der Waals surface area contributed by atoms with Gasteiger partial charge in [0.2, 0.25) is 5.91 Å². The van der Waals surface area contributed by atoms with Gasteiger partial charge >= 0.3 is 0 Å². The van der Waals surface area contributed by atoms with Gasteiger partial charge in [0.25, 0.3) is 5.69 Å². The summed E-state index contributed by atoms with van der Waals surface area (Å²) in [5.41, 5.74) is 0.682. The molecule has 0 spiro atoms. The monoisotopic (exact) mass is 327 g/mol. The van der Waals surface area contributed by atoms with Crippen molar-refractivity contribution in [3.63, 3.8) is 0 Å². The van der Waals surface area contributed by atoms with Crippen LogP contribution in [0.5, 0.6) is 0 Å². The quantitative estimate of drug-likeness (QED) is 0.678. The van der Waals surface area contributed by atoms with Crippen LogP contribution in [0.25, 0.3) is 0 Å². The number of nitro groups is 1. The zero-order valence-electron chi connectivity index (χ0n) is 10.4. The van der Waals surface area contributed by atoms with Gasteiger partial charge < -0.3 is 10.2 Å². The third-order valence-electron chi connectivity index (χ3n) is 3.09. The number of amides is 1. The highest BCUT2D eigenvalue weighted by atomic mass is 79.9. The number of hydrogen-bond acceptors (Lipinski definition) is 4. The minimum Gasteiger partial charge on any atom is -0.310 e. The van der Waals surface area contributed by atoms with Crippen molar-refractivity contribution in [2.24, 2.45) is 0 Å². The van der Waals surface area contributed by atoms with Crippen LogP contribution in [-0.4, -0.2) is 30.0 Å². The summed E-state index contributed by atoms with van der Waals surface area (Å²) in [6.07, 6.45) is 0.746. The summed E-state index contributed by atoms with van der Waals surface area (Å²) in [4.78, 5) is 24.1. The summed E-state index contributed by atoms with van der Waals surface area (Å²) in [5, 5.41) is 13.8. The predicted molar refractivity (Wildman–Crippen MR) is 75.2 cm³/mol. The van der Waals surface area contributed by atoms with Crippen LogP contribution < -0.4 is 10.2 Å². The minimum absolute atomic E-state index is 0.00510. The molecule has 0 radical (unpaired) electrons. The van der Waals surface area contributed by atoms with Crippen molar-refractivity contribution < 1.29 is 9.72 Å². The zero-order valence-corrected chi connectivity index (χ0v) is 12.0. The summed E-state index contributed by atoms with van der Waals surface area (Å²) in [5.74, 6) is 0.0106. The maximum Gasteiger partial charge on any atom is 0.270 e. The molecule has 19 heavy (non-hydrogen) atoms. The van der Waals surface area contributed by atoms with Gasteiger partial charge in [0.15, 0.2) is 0 Å². The van der Waals surface area contributed by atoms with Crippen molar-refractivity contribution in [3.8, 4) is 0 Å². The standard InChI is InChI=1S/C12H14BrN3O3/c1-2-14-10-5-6-15(12(10)17)11-4-3-8(16(18)19)7-9(11)13/h3-4,7,10,14H,2,5-6H2,1H3. The fourth-order valence-corrected chi connectivity index (χ4v) is 2.76. The van der Waals surface area contributed by atoms with Crippen molar-refractivity contribution in [3.05, 3.63) is 32.8 Å². The molecule has 1 aliphatic rings. The van der Waals surface area contributed by atoms with Crippen LogP contribution in [0, 0.1) is 10.1 Å². The first-order valence-corrected chi connectivity index (χ1v) is 6.82. The molecule has 1 N–H and O–H groups in total. The summed E-state index contributed by atoms with van der Waals surface area (Å²) in [6, 6.07) is 4.28. The summed E-state index contributed by atoms with van der Waals surface area (Å²) < 4.78 is 0.562. The summed E-state index contributed by atoms with van der Waals surface area (Å²) in [6.45, 7) is 3.32. The topological polar surface area (TPSA) is 75.5 Å². The molecule has 1 fully saturated rings. The molecular formula is C12H14BrN3O3.